The zero-order chi connectivity index (χ0) is 19.2. The fourth-order valence-corrected chi connectivity index (χ4v) is 3.34. The third-order valence-corrected chi connectivity index (χ3v) is 4.67. The number of aliphatic imine (C=N–C) groups is 1. The first-order chi connectivity index (χ1) is 13.1. The Bertz CT molecular complexity index is 854. The molecule has 0 aliphatic carbocycles. The molecule has 3 rings (SSSR count). The topological polar surface area (TPSA) is 66.0 Å². The van der Waals surface area contributed by atoms with Gasteiger partial charge in [-0.25, -0.2) is 0 Å². The van der Waals surface area contributed by atoms with Crippen molar-refractivity contribution in [3.63, 3.8) is 0 Å². The lowest BCUT2D eigenvalue weighted by Crippen LogP contribution is -2.43. The highest BCUT2D eigenvalue weighted by molar-refractivity contribution is 14.0. The first-order valence-corrected chi connectivity index (χ1v) is 9.07. The average Bonchev–Trinajstić information content (AvgIpc) is 2.68. The van der Waals surface area contributed by atoms with Gasteiger partial charge in [-0.15, -0.1) is 24.0 Å². The number of amides is 1. The standard InChI is InChI=1S/C21H26N4O2.HI/c1-15(26)24-19-12-16(8-9-20(19)27-3)13-23-21(22-2)25-11-10-17-6-4-5-7-18(17)14-25;/h4-9,12H,10-11,13-14H2,1-3H3,(H,22,23)(H,24,26);1H. The third kappa shape index (κ3) is 5.37. The first-order valence-electron chi connectivity index (χ1n) is 9.07. The highest BCUT2D eigenvalue weighted by atomic mass is 127. The van der Waals surface area contributed by atoms with Crippen LogP contribution in [0.25, 0.3) is 0 Å². The van der Waals surface area contributed by atoms with Gasteiger partial charge in [0.2, 0.25) is 5.91 Å². The van der Waals surface area contributed by atoms with Crippen LogP contribution < -0.4 is 15.4 Å². The Morgan fingerprint density at radius 3 is 2.64 bits per heavy atom. The summed E-state index contributed by atoms with van der Waals surface area (Å²) in [7, 11) is 3.40. The van der Waals surface area contributed by atoms with Crippen molar-refractivity contribution in [3.8, 4) is 5.75 Å². The second-order valence-corrected chi connectivity index (χ2v) is 6.56. The van der Waals surface area contributed by atoms with E-state index >= 15 is 0 Å². The van der Waals surface area contributed by atoms with Crippen molar-refractivity contribution >= 4 is 41.5 Å². The number of hydrogen-bond acceptors (Lipinski definition) is 3. The van der Waals surface area contributed by atoms with Gasteiger partial charge in [-0.1, -0.05) is 30.3 Å². The van der Waals surface area contributed by atoms with E-state index in [-0.39, 0.29) is 29.9 Å². The fraction of sp³-hybridized carbons (Fsp3) is 0.333. The molecule has 28 heavy (non-hydrogen) atoms. The van der Waals surface area contributed by atoms with E-state index in [1.165, 1.54) is 18.1 Å². The van der Waals surface area contributed by atoms with Crippen LogP contribution in [0.15, 0.2) is 47.5 Å². The molecule has 0 saturated carbocycles. The molecule has 0 unspecified atom stereocenters. The zero-order valence-electron chi connectivity index (χ0n) is 16.5. The zero-order valence-corrected chi connectivity index (χ0v) is 18.8. The second kappa shape index (κ2) is 10.3. The molecule has 0 spiro atoms. The van der Waals surface area contributed by atoms with E-state index in [1.807, 2.05) is 18.2 Å². The quantitative estimate of drug-likeness (QED) is 0.389. The molecule has 150 valence electrons. The van der Waals surface area contributed by atoms with E-state index in [0.717, 1.165) is 31.0 Å². The van der Waals surface area contributed by atoms with Crippen molar-refractivity contribution in [1.29, 1.82) is 0 Å². The number of guanidine groups is 1. The SMILES string of the molecule is CN=C(NCc1ccc(OC)c(NC(C)=O)c1)N1CCc2ccccc2C1.I. The largest absolute Gasteiger partial charge is 0.495 e. The molecule has 7 heteroatoms. The first kappa shape index (κ1) is 22.0. The Morgan fingerprint density at radius 2 is 1.96 bits per heavy atom. The number of hydrogen-bond donors (Lipinski definition) is 2. The highest BCUT2D eigenvalue weighted by Crippen LogP contribution is 2.25. The van der Waals surface area contributed by atoms with Crippen LogP contribution in [0.1, 0.15) is 23.6 Å². The van der Waals surface area contributed by atoms with Crippen LogP contribution in [0.4, 0.5) is 5.69 Å². The molecule has 0 bridgehead atoms. The maximum absolute atomic E-state index is 11.4. The highest BCUT2D eigenvalue weighted by Gasteiger charge is 2.18. The maximum atomic E-state index is 11.4. The number of nitrogens with zero attached hydrogens (tertiary/aromatic N) is 2. The van der Waals surface area contributed by atoms with Gasteiger partial charge in [0.15, 0.2) is 5.96 Å². The lowest BCUT2D eigenvalue weighted by molar-refractivity contribution is -0.114. The minimum atomic E-state index is -0.124. The number of rotatable bonds is 4. The number of benzene rings is 2. The molecule has 2 aromatic rings. The van der Waals surface area contributed by atoms with E-state index in [9.17, 15) is 4.79 Å². The number of halogens is 1. The van der Waals surface area contributed by atoms with Gasteiger partial charge >= 0.3 is 0 Å². The average molecular weight is 494 g/mol. The Morgan fingerprint density at radius 1 is 1.21 bits per heavy atom. The molecule has 0 saturated heterocycles. The van der Waals surface area contributed by atoms with Crippen LogP contribution in [0.3, 0.4) is 0 Å². The Hall–Kier alpha value is -2.29. The molecule has 0 radical (unpaired) electrons. The summed E-state index contributed by atoms with van der Waals surface area (Å²) in [5.41, 5.74) is 4.48. The van der Waals surface area contributed by atoms with Crippen molar-refractivity contribution in [2.24, 2.45) is 4.99 Å². The Balaban J connectivity index is 0.00000280. The third-order valence-electron chi connectivity index (χ3n) is 4.67. The van der Waals surface area contributed by atoms with Crippen LogP contribution in [0, 0.1) is 0 Å². The molecule has 6 nitrogen and oxygen atoms in total. The predicted molar refractivity (Wildman–Crippen MR) is 123 cm³/mol. The molecule has 0 atom stereocenters. The summed E-state index contributed by atoms with van der Waals surface area (Å²) >= 11 is 0. The molecule has 1 aliphatic rings. The van der Waals surface area contributed by atoms with Gasteiger partial charge in [0.05, 0.1) is 12.8 Å². The predicted octanol–water partition coefficient (Wildman–Crippen LogP) is 3.41. The van der Waals surface area contributed by atoms with Crippen LogP contribution in [0.5, 0.6) is 5.75 Å². The summed E-state index contributed by atoms with van der Waals surface area (Å²) in [5, 5.41) is 6.23. The van der Waals surface area contributed by atoms with Gasteiger partial charge in [-0.2, -0.15) is 0 Å². The van der Waals surface area contributed by atoms with E-state index in [1.54, 1.807) is 14.2 Å². The smallest absolute Gasteiger partial charge is 0.221 e. The van der Waals surface area contributed by atoms with Gasteiger partial charge in [-0.05, 0) is 35.2 Å². The minimum Gasteiger partial charge on any atom is -0.495 e. The number of fused-ring (bicyclic) bond motifs is 1. The molecule has 2 aromatic carbocycles. The van der Waals surface area contributed by atoms with E-state index in [4.69, 9.17) is 4.74 Å². The number of nitrogens with one attached hydrogen (secondary N) is 2. The summed E-state index contributed by atoms with van der Waals surface area (Å²) in [6.07, 6.45) is 1.02. The van der Waals surface area contributed by atoms with E-state index < -0.39 is 0 Å². The molecule has 1 amide bonds. The summed E-state index contributed by atoms with van der Waals surface area (Å²) < 4.78 is 5.31. The molecule has 0 fully saturated rings. The number of methoxy groups -OCH3 is 1. The molecule has 2 N–H and O–H groups in total. The summed E-state index contributed by atoms with van der Waals surface area (Å²) in [4.78, 5) is 18.1. The van der Waals surface area contributed by atoms with Crippen LogP contribution in [-0.4, -0.2) is 37.5 Å². The summed E-state index contributed by atoms with van der Waals surface area (Å²) in [5.74, 6) is 1.40. The van der Waals surface area contributed by atoms with Crippen molar-refractivity contribution in [2.75, 3.05) is 26.0 Å². The lowest BCUT2D eigenvalue weighted by atomic mass is 10.0. The van der Waals surface area contributed by atoms with Crippen molar-refractivity contribution in [1.82, 2.24) is 10.2 Å². The van der Waals surface area contributed by atoms with Gasteiger partial charge in [0.25, 0.3) is 0 Å². The second-order valence-electron chi connectivity index (χ2n) is 6.56. The Labute approximate surface area is 183 Å². The number of carbonyl (C=O) groups excluding carboxylic acids is 1. The molecule has 1 aliphatic heterocycles. The van der Waals surface area contributed by atoms with Gasteiger partial charge in [-0.3, -0.25) is 9.79 Å². The van der Waals surface area contributed by atoms with Gasteiger partial charge in [0.1, 0.15) is 5.75 Å². The maximum Gasteiger partial charge on any atom is 0.221 e. The molecular weight excluding hydrogens is 467 g/mol. The van der Waals surface area contributed by atoms with Crippen LogP contribution in [-0.2, 0) is 24.3 Å². The van der Waals surface area contributed by atoms with Crippen molar-refractivity contribution in [3.05, 3.63) is 59.2 Å². The van der Waals surface area contributed by atoms with Gasteiger partial charge < -0.3 is 20.3 Å². The number of carbonyl (C=O) groups is 1. The molecule has 0 aromatic heterocycles. The molecule has 1 heterocycles. The molecular formula is C21H27IN4O2. The van der Waals surface area contributed by atoms with E-state index in [0.29, 0.717) is 18.0 Å². The minimum absolute atomic E-state index is 0. The summed E-state index contributed by atoms with van der Waals surface area (Å²) in [6, 6.07) is 14.3. The summed E-state index contributed by atoms with van der Waals surface area (Å²) in [6.45, 7) is 3.90. The van der Waals surface area contributed by atoms with Gasteiger partial charge in [0, 0.05) is 33.6 Å². The normalized spacial score (nSPS) is 13.2. The van der Waals surface area contributed by atoms with Crippen molar-refractivity contribution in [2.45, 2.75) is 26.4 Å². The lowest BCUT2D eigenvalue weighted by Gasteiger charge is -2.31. The fourth-order valence-electron chi connectivity index (χ4n) is 3.34. The van der Waals surface area contributed by atoms with E-state index in [2.05, 4.69) is 44.8 Å². The van der Waals surface area contributed by atoms with Crippen LogP contribution in [0.2, 0.25) is 0 Å². The number of ether oxygens (including phenoxy) is 1. The monoisotopic (exact) mass is 494 g/mol. The Kier molecular flexibility index (Phi) is 8.10. The van der Waals surface area contributed by atoms with Crippen LogP contribution >= 0.6 is 24.0 Å². The number of anilines is 1. The van der Waals surface area contributed by atoms with Crippen molar-refractivity contribution < 1.29 is 9.53 Å².